The van der Waals surface area contributed by atoms with Crippen LogP contribution in [0.2, 0.25) is 0 Å². The summed E-state index contributed by atoms with van der Waals surface area (Å²) in [6, 6.07) is 0. The summed E-state index contributed by atoms with van der Waals surface area (Å²) in [5, 5.41) is 0. The van der Waals surface area contributed by atoms with E-state index in [0.29, 0.717) is 25.2 Å². The minimum atomic E-state index is -4.07. The first kappa shape index (κ1) is 15.1. The number of hydrogen-bond donors (Lipinski definition) is 0. The van der Waals surface area contributed by atoms with Gasteiger partial charge in [-0.1, -0.05) is 13.0 Å². The smallest absolute Gasteiger partial charge is 0.391 e. The van der Waals surface area contributed by atoms with Gasteiger partial charge >= 0.3 is 6.18 Å². The van der Waals surface area contributed by atoms with E-state index in [-0.39, 0.29) is 30.5 Å². The monoisotopic (exact) mass is 288 g/mol. The molecule has 1 fully saturated rings. The molecular formula is C15H19F3O2. The molecule has 2 aliphatic carbocycles. The lowest BCUT2D eigenvalue weighted by Gasteiger charge is -2.29. The van der Waals surface area contributed by atoms with Gasteiger partial charge in [0.1, 0.15) is 5.76 Å². The van der Waals surface area contributed by atoms with E-state index in [9.17, 15) is 18.0 Å². The average Bonchev–Trinajstić information content (AvgIpc) is 2.40. The Hall–Kier alpha value is -1.26. The first-order chi connectivity index (χ1) is 9.36. The number of rotatable bonds is 3. The zero-order chi connectivity index (χ0) is 14.8. The predicted octanol–water partition coefficient (Wildman–Crippen LogP) is 4.03. The number of carbonyl (C=O) groups is 1. The van der Waals surface area contributed by atoms with E-state index in [0.717, 1.165) is 0 Å². The molecule has 0 radical (unpaired) electrons. The van der Waals surface area contributed by atoms with Gasteiger partial charge in [0.05, 0.1) is 12.5 Å². The Kier molecular flexibility index (Phi) is 4.55. The van der Waals surface area contributed by atoms with E-state index in [4.69, 9.17) is 4.74 Å². The fourth-order valence-corrected chi connectivity index (χ4v) is 2.61. The molecule has 0 spiro atoms. The average molecular weight is 288 g/mol. The molecule has 0 aliphatic heterocycles. The lowest BCUT2D eigenvalue weighted by molar-refractivity contribution is -0.184. The zero-order valence-electron chi connectivity index (χ0n) is 11.5. The van der Waals surface area contributed by atoms with Gasteiger partial charge in [-0.3, -0.25) is 4.79 Å². The number of carbonyl (C=O) groups excluding carboxylic acids is 1. The number of hydrogen-bond acceptors (Lipinski definition) is 2. The summed E-state index contributed by atoms with van der Waals surface area (Å²) < 4.78 is 43.1. The Labute approximate surface area is 116 Å². The molecule has 112 valence electrons. The standard InChI is InChI=1S/C15H19F3O2/c1-10-2-7-13(8-14(10)19)20-9-11-3-5-12(6-4-11)15(16,17)18/h2,7-8,10-12H,3-6,9H2,1H3. The van der Waals surface area contributed by atoms with E-state index in [1.54, 1.807) is 12.2 Å². The van der Waals surface area contributed by atoms with Crippen LogP contribution >= 0.6 is 0 Å². The van der Waals surface area contributed by atoms with Gasteiger partial charge in [0.2, 0.25) is 0 Å². The Morgan fingerprint density at radius 1 is 1.25 bits per heavy atom. The largest absolute Gasteiger partial charge is 0.493 e. The highest BCUT2D eigenvalue weighted by atomic mass is 19.4. The molecule has 0 bridgehead atoms. The van der Waals surface area contributed by atoms with E-state index < -0.39 is 12.1 Å². The van der Waals surface area contributed by atoms with Crippen molar-refractivity contribution in [1.29, 1.82) is 0 Å². The topological polar surface area (TPSA) is 26.3 Å². The van der Waals surface area contributed by atoms with Crippen LogP contribution in [-0.2, 0) is 9.53 Å². The van der Waals surface area contributed by atoms with Gasteiger partial charge in [-0.05, 0) is 37.7 Å². The minimum absolute atomic E-state index is 0.00304. The van der Waals surface area contributed by atoms with Gasteiger partial charge in [-0.2, -0.15) is 13.2 Å². The van der Waals surface area contributed by atoms with Crippen LogP contribution in [0, 0.1) is 17.8 Å². The molecule has 1 atom stereocenters. The summed E-state index contributed by atoms with van der Waals surface area (Å²) in [6.45, 7) is 2.20. The molecule has 0 aromatic carbocycles. The highest BCUT2D eigenvalue weighted by molar-refractivity contribution is 5.94. The highest BCUT2D eigenvalue weighted by Gasteiger charge is 2.41. The fraction of sp³-hybridized carbons (Fsp3) is 0.667. The summed E-state index contributed by atoms with van der Waals surface area (Å²) in [7, 11) is 0. The molecule has 1 saturated carbocycles. The summed E-state index contributed by atoms with van der Waals surface area (Å²) in [5.74, 6) is -0.605. The van der Waals surface area contributed by atoms with Crippen molar-refractivity contribution in [3.05, 3.63) is 24.0 Å². The van der Waals surface area contributed by atoms with E-state index in [1.807, 2.05) is 6.92 Å². The fourth-order valence-electron chi connectivity index (χ4n) is 2.61. The van der Waals surface area contributed by atoms with E-state index >= 15 is 0 Å². The van der Waals surface area contributed by atoms with Gasteiger partial charge < -0.3 is 4.74 Å². The van der Waals surface area contributed by atoms with Crippen molar-refractivity contribution >= 4 is 5.78 Å². The summed E-state index contributed by atoms with van der Waals surface area (Å²) in [6.07, 6.45) is 2.36. The maximum atomic E-state index is 12.5. The molecule has 1 unspecified atom stereocenters. The van der Waals surface area contributed by atoms with Gasteiger partial charge in [0, 0.05) is 12.0 Å². The third-order valence-corrected chi connectivity index (χ3v) is 4.08. The first-order valence-corrected chi connectivity index (χ1v) is 6.99. The Bertz CT molecular complexity index is 415. The summed E-state index contributed by atoms with van der Waals surface area (Å²) in [4.78, 5) is 11.5. The van der Waals surface area contributed by atoms with Crippen LogP contribution in [0.3, 0.4) is 0 Å². The maximum Gasteiger partial charge on any atom is 0.391 e. The Morgan fingerprint density at radius 2 is 1.90 bits per heavy atom. The first-order valence-electron chi connectivity index (χ1n) is 6.99. The maximum absolute atomic E-state index is 12.5. The quantitative estimate of drug-likeness (QED) is 0.783. The molecule has 0 saturated heterocycles. The summed E-state index contributed by atoms with van der Waals surface area (Å²) in [5.41, 5.74) is 0. The van der Waals surface area contributed by atoms with Crippen molar-refractivity contribution in [2.45, 2.75) is 38.8 Å². The molecule has 0 aromatic rings. The second-order valence-corrected chi connectivity index (χ2v) is 5.67. The SMILES string of the molecule is CC1C=CC(OCC2CCC(C(F)(F)F)CC2)=CC1=O. The van der Waals surface area contributed by atoms with E-state index in [1.165, 1.54) is 6.08 Å². The molecular weight excluding hydrogens is 269 g/mol. The Balaban J connectivity index is 1.76. The molecule has 0 N–H and O–H groups in total. The van der Waals surface area contributed by atoms with Crippen LogP contribution in [0.5, 0.6) is 0 Å². The molecule has 20 heavy (non-hydrogen) atoms. The molecule has 2 aliphatic rings. The number of ketones is 1. The summed E-state index contributed by atoms with van der Waals surface area (Å²) >= 11 is 0. The Morgan fingerprint density at radius 3 is 2.45 bits per heavy atom. The number of ether oxygens (including phenoxy) is 1. The van der Waals surface area contributed by atoms with Crippen molar-refractivity contribution < 1.29 is 22.7 Å². The molecule has 0 amide bonds. The van der Waals surface area contributed by atoms with Crippen LogP contribution in [-0.4, -0.2) is 18.6 Å². The van der Waals surface area contributed by atoms with Gasteiger partial charge in [0.15, 0.2) is 5.78 Å². The van der Waals surface area contributed by atoms with Crippen molar-refractivity contribution in [3.8, 4) is 0 Å². The number of halogens is 3. The van der Waals surface area contributed by atoms with Crippen molar-refractivity contribution in [2.24, 2.45) is 17.8 Å². The lowest BCUT2D eigenvalue weighted by Crippen LogP contribution is -2.29. The van der Waals surface area contributed by atoms with Crippen LogP contribution in [0.4, 0.5) is 13.2 Å². The highest BCUT2D eigenvalue weighted by Crippen LogP contribution is 2.39. The van der Waals surface area contributed by atoms with Crippen molar-refractivity contribution in [2.75, 3.05) is 6.61 Å². The third kappa shape index (κ3) is 3.87. The number of alkyl halides is 3. The van der Waals surface area contributed by atoms with Crippen LogP contribution in [0.25, 0.3) is 0 Å². The third-order valence-electron chi connectivity index (χ3n) is 4.08. The normalized spacial score (nSPS) is 31.1. The minimum Gasteiger partial charge on any atom is -0.493 e. The molecule has 2 nitrogen and oxygen atoms in total. The molecule has 0 aromatic heterocycles. The van der Waals surface area contributed by atoms with Gasteiger partial charge in [-0.15, -0.1) is 0 Å². The second-order valence-electron chi connectivity index (χ2n) is 5.67. The predicted molar refractivity (Wildman–Crippen MR) is 68.8 cm³/mol. The molecule has 2 rings (SSSR count). The van der Waals surface area contributed by atoms with E-state index in [2.05, 4.69) is 0 Å². The zero-order valence-corrected chi connectivity index (χ0v) is 11.5. The molecule has 5 heteroatoms. The lowest BCUT2D eigenvalue weighted by atomic mass is 9.82. The van der Waals surface area contributed by atoms with Gasteiger partial charge in [0.25, 0.3) is 0 Å². The van der Waals surface area contributed by atoms with Crippen molar-refractivity contribution in [3.63, 3.8) is 0 Å². The molecule has 0 heterocycles. The number of allylic oxidation sites excluding steroid dienone is 3. The van der Waals surface area contributed by atoms with Crippen molar-refractivity contribution in [1.82, 2.24) is 0 Å². The van der Waals surface area contributed by atoms with Crippen LogP contribution < -0.4 is 0 Å². The van der Waals surface area contributed by atoms with Crippen LogP contribution in [0.15, 0.2) is 24.0 Å². The van der Waals surface area contributed by atoms with Crippen LogP contribution in [0.1, 0.15) is 32.6 Å². The second kappa shape index (κ2) is 6.02. The van der Waals surface area contributed by atoms with Gasteiger partial charge in [-0.25, -0.2) is 0 Å².